The highest BCUT2D eigenvalue weighted by Gasteiger charge is 2.07. The maximum absolute atomic E-state index is 6.12. The number of nitrogens with one attached hydrogen (secondary N) is 1. The van der Waals surface area contributed by atoms with Gasteiger partial charge in [-0.05, 0) is 31.2 Å². The van der Waals surface area contributed by atoms with Crippen LogP contribution in [0, 0.1) is 6.92 Å². The molecule has 0 aliphatic rings. The summed E-state index contributed by atoms with van der Waals surface area (Å²) in [6.45, 7) is 1.92. The van der Waals surface area contributed by atoms with Gasteiger partial charge >= 0.3 is 0 Å². The van der Waals surface area contributed by atoms with Crippen LogP contribution in [0.25, 0.3) is 0 Å². The zero-order valence-electron chi connectivity index (χ0n) is 9.87. The predicted octanol–water partition coefficient (Wildman–Crippen LogP) is 4.28. The number of rotatable bonds is 3. The van der Waals surface area contributed by atoms with Crippen molar-refractivity contribution in [3.8, 4) is 0 Å². The lowest BCUT2D eigenvalue weighted by atomic mass is 10.4. The Morgan fingerprint density at radius 2 is 1.94 bits per heavy atom. The third-order valence-electron chi connectivity index (χ3n) is 2.16. The first-order valence-corrected chi connectivity index (χ1v) is 6.82. The summed E-state index contributed by atoms with van der Waals surface area (Å²) in [4.78, 5) is 9.48. The first-order valence-electron chi connectivity index (χ1n) is 5.25. The molecule has 3 nitrogen and oxygen atoms in total. The van der Waals surface area contributed by atoms with Gasteiger partial charge in [-0.2, -0.15) is 0 Å². The molecule has 1 heterocycles. The second-order valence-corrected chi connectivity index (χ2v) is 5.50. The lowest BCUT2D eigenvalue weighted by Crippen LogP contribution is -1.98. The molecule has 0 radical (unpaired) electrons. The van der Waals surface area contributed by atoms with Crippen LogP contribution in [-0.4, -0.2) is 17.0 Å². The van der Waals surface area contributed by atoms with E-state index in [1.807, 2.05) is 19.1 Å². The zero-order valence-corrected chi connectivity index (χ0v) is 12.2. The maximum atomic E-state index is 6.12. The number of hydrogen-bond acceptors (Lipinski definition) is 4. The summed E-state index contributed by atoms with van der Waals surface area (Å²) in [5, 5.41) is 5.07. The largest absolute Gasteiger partial charge is 0.357 e. The van der Waals surface area contributed by atoms with Gasteiger partial charge in [-0.1, -0.05) is 35.0 Å². The van der Waals surface area contributed by atoms with Gasteiger partial charge in [-0.3, -0.25) is 0 Å². The molecular formula is C12H11Cl2N3S. The summed E-state index contributed by atoms with van der Waals surface area (Å²) in [5.41, 5.74) is 0.898. The fraction of sp³-hybridized carbons (Fsp3) is 0.167. The lowest BCUT2D eigenvalue weighted by Gasteiger charge is -2.06. The number of hydrogen-bond donors (Lipinski definition) is 1. The molecule has 0 amide bonds. The number of anilines is 1. The van der Waals surface area contributed by atoms with Crippen LogP contribution < -0.4 is 5.32 Å². The van der Waals surface area contributed by atoms with Gasteiger partial charge in [0.2, 0.25) is 5.95 Å². The van der Waals surface area contributed by atoms with Gasteiger partial charge in [0.25, 0.3) is 0 Å². The predicted molar refractivity (Wildman–Crippen MR) is 76.9 cm³/mol. The molecule has 0 saturated carbocycles. The molecule has 18 heavy (non-hydrogen) atoms. The quantitative estimate of drug-likeness (QED) is 0.858. The smallest absolute Gasteiger partial charge is 0.223 e. The van der Waals surface area contributed by atoms with E-state index < -0.39 is 0 Å². The number of halogens is 2. The summed E-state index contributed by atoms with van der Waals surface area (Å²) < 4.78 is 0. The Kier molecular flexibility index (Phi) is 4.32. The van der Waals surface area contributed by atoms with Crippen molar-refractivity contribution in [2.24, 2.45) is 0 Å². The van der Waals surface area contributed by atoms with Crippen molar-refractivity contribution in [2.75, 3.05) is 12.4 Å². The molecule has 0 aliphatic heterocycles. The molecule has 0 fully saturated rings. The van der Waals surface area contributed by atoms with E-state index in [1.54, 1.807) is 19.2 Å². The van der Waals surface area contributed by atoms with Gasteiger partial charge in [0.05, 0.1) is 5.02 Å². The van der Waals surface area contributed by atoms with E-state index in [-0.39, 0.29) is 0 Å². The van der Waals surface area contributed by atoms with Crippen molar-refractivity contribution >= 4 is 40.9 Å². The highest BCUT2D eigenvalue weighted by molar-refractivity contribution is 7.99. The van der Waals surface area contributed by atoms with Gasteiger partial charge in [-0.15, -0.1) is 0 Å². The molecule has 94 valence electrons. The van der Waals surface area contributed by atoms with E-state index in [9.17, 15) is 0 Å². The summed E-state index contributed by atoms with van der Waals surface area (Å²) in [6, 6.07) is 7.27. The summed E-state index contributed by atoms with van der Waals surface area (Å²) in [6.07, 6.45) is 0. The highest BCUT2D eigenvalue weighted by atomic mass is 35.5. The van der Waals surface area contributed by atoms with E-state index in [0.29, 0.717) is 16.0 Å². The fourth-order valence-corrected chi connectivity index (χ4v) is 2.78. The Balaban J connectivity index is 2.33. The molecule has 1 N–H and O–H groups in total. The summed E-state index contributed by atoms with van der Waals surface area (Å²) in [5.74, 6) is 0.593. The minimum Gasteiger partial charge on any atom is -0.357 e. The van der Waals surface area contributed by atoms with Crippen LogP contribution in [0.15, 0.2) is 34.2 Å². The van der Waals surface area contributed by atoms with Crippen LogP contribution in [0.3, 0.4) is 0 Å². The Morgan fingerprint density at radius 1 is 1.17 bits per heavy atom. The van der Waals surface area contributed by atoms with Crippen LogP contribution in [0.1, 0.15) is 5.69 Å². The average molecular weight is 300 g/mol. The van der Waals surface area contributed by atoms with Crippen LogP contribution >= 0.6 is 35.0 Å². The van der Waals surface area contributed by atoms with E-state index in [4.69, 9.17) is 23.2 Å². The number of aryl methyl sites for hydroxylation is 1. The normalized spacial score (nSPS) is 10.4. The van der Waals surface area contributed by atoms with Gasteiger partial charge in [-0.25, -0.2) is 9.97 Å². The Hall–Kier alpha value is -0.970. The second kappa shape index (κ2) is 5.78. The first kappa shape index (κ1) is 13.5. The topological polar surface area (TPSA) is 37.8 Å². The molecule has 0 spiro atoms. The molecular weight excluding hydrogens is 289 g/mol. The molecule has 1 aromatic carbocycles. The molecule has 0 unspecified atom stereocenters. The third kappa shape index (κ3) is 3.28. The van der Waals surface area contributed by atoms with Crippen LogP contribution in [0.5, 0.6) is 0 Å². The summed E-state index contributed by atoms with van der Waals surface area (Å²) >= 11 is 13.5. The molecule has 0 atom stereocenters. The van der Waals surface area contributed by atoms with E-state index in [2.05, 4.69) is 15.3 Å². The molecule has 6 heteroatoms. The van der Waals surface area contributed by atoms with E-state index >= 15 is 0 Å². The van der Waals surface area contributed by atoms with Gasteiger partial charge in [0, 0.05) is 22.7 Å². The SMILES string of the molecule is CNc1nc(C)cc(Sc2cc(Cl)ccc2Cl)n1. The summed E-state index contributed by atoms with van der Waals surface area (Å²) in [7, 11) is 1.79. The van der Waals surface area contributed by atoms with E-state index in [0.717, 1.165) is 15.6 Å². The minimum atomic E-state index is 0.593. The van der Waals surface area contributed by atoms with Crippen LogP contribution in [-0.2, 0) is 0 Å². The van der Waals surface area contributed by atoms with Gasteiger partial charge < -0.3 is 5.32 Å². The first-order chi connectivity index (χ1) is 8.58. The number of aromatic nitrogens is 2. The Morgan fingerprint density at radius 3 is 2.67 bits per heavy atom. The lowest BCUT2D eigenvalue weighted by molar-refractivity contribution is 1.01. The van der Waals surface area contributed by atoms with Gasteiger partial charge in [0.1, 0.15) is 5.03 Å². The monoisotopic (exact) mass is 299 g/mol. The van der Waals surface area contributed by atoms with Gasteiger partial charge in [0.15, 0.2) is 0 Å². The molecule has 0 aliphatic carbocycles. The van der Waals surface area contributed by atoms with Crippen molar-refractivity contribution in [3.05, 3.63) is 40.0 Å². The Bertz CT molecular complexity index is 575. The number of nitrogens with zero attached hydrogens (tertiary/aromatic N) is 2. The molecule has 0 bridgehead atoms. The number of benzene rings is 1. The average Bonchev–Trinajstić information content (AvgIpc) is 2.33. The minimum absolute atomic E-state index is 0.593. The Labute approximate surface area is 120 Å². The molecule has 1 aromatic heterocycles. The van der Waals surface area contributed by atoms with Crippen LogP contribution in [0.2, 0.25) is 10.0 Å². The highest BCUT2D eigenvalue weighted by Crippen LogP contribution is 2.34. The van der Waals surface area contributed by atoms with Crippen molar-refractivity contribution < 1.29 is 0 Å². The molecule has 2 aromatic rings. The van der Waals surface area contributed by atoms with Crippen molar-refractivity contribution in [3.63, 3.8) is 0 Å². The second-order valence-electron chi connectivity index (χ2n) is 3.60. The molecule has 0 saturated heterocycles. The van der Waals surface area contributed by atoms with Crippen molar-refractivity contribution in [1.29, 1.82) is 0 Å². The standard InChI is InChI=1S/C12H11Cl2N3S/c1-7-5-11(17-12(15-2)16-7)18-10-6-8(13)3-4-9(10)14/h3-6H,1-2H3,(H,15,16,17). The van der Waals surface area contributed by atoms with Crippen molar-refractivity contribution in [2.45, 2.75) is 16.8 Å². The van der Waals surface area contributed by atoms with Crippen LogP contribution in [0.4, 0.5) is 5.95 Å². The van der Waals surface area contributed by atoms with Crippen molar-refractivity contribution in [1.82, 2.24) is 9.97 Å². The maximum Gasteiger partial charge on any atom is 0.223 e. The van der Waals surface area contributed by atoms with E-state index in [1.165, 1.54) is 11.8 Å². The fourth-order valence-electron chi connectivity index (χ4n) is 1.37. The third-order valence-corrected chi connectivity index (χ3v) is 3.81. The zero-order chi connectivity index (χ0) is 13.1. The molecule has 2 rings (SSSR count).